The summed E-state index contributed by atoms with van der Waals surface area (Å²) < 4.78 is 3.81. The molecule has 6 nitrogen and oxygen atoms in total. The van der Waals surface area contributed by atoms with Crippen LogP contribution in [0.3, 0.4) is 0 Å². The Bertz CT molecular complexity index is 720. The molecule has 0 unspecified atom stereocenters. The molecule has 0 saturated heterocycles. The fourth-order valence-corrected chi connectivity index (χ4v) is 4.46. The van der Waals surface area contributed by atoms with Crippen LogP contribution in [0, 0.1) is 0 Å². The second-order valence-electron chi connectivity index (χ2n) is 4.78. The number of aromatic nitrogens is 2. The van der Waals surface area contributed by atoms with E-state index in [0.717, 1.165) is 41.2 Å². The van der Waals surface area contributed by atoms with Crippen LogP contribution >= 0.6 is 22.9 Å². The minimum atomic E-state index is -0.483. The van der Waals surface area contributed by atoms with E-state index < -0.39 is 5.91 Å². The fraction of sp³-hybridized carbons (Fsp3) is 0.385. The number of carbonyl (C=O) groups is 2. The van der Waals surface area contributed by atoms with Crippen molar-refractivity contribution in [3.05, 3.63) is 26.6 Å². The summed E-state index contributed by atoms with van der Waals surface area (Å²) in [5.74, 6) is -0.757. The Balaban J connectivity index is 1.92. The molecule has 1 aliphatic carbocycles. The van der Waals surface area contributed by atoms with Crippen LogP contribution < -0.4 is 11.1 Å². The van der Waals surface area contributed by atoms with Crippen molar-refractivity contribution < 1.29 is 9.59 Å². The molecule has 110 valence electrons. The zero-order chi connectivity index (χ0) is 15.0. The Morgan fingerprint density at radius 1 is 1.38 bits per heavy atom. The average molecular weight is 322 g/mol. The SMILES string of the molecule is CCc1nnsc1C(=O)Nc1sc2c(c1C(N)=O)CCC2. The highest BCUT2D eigenvalue weighted by molar-refractivity contribution is 7.17. The lowest BCUT2D eigenvalue weighted by Gasteiger charge is -2.05. The molecule has 0 spiro atoms. The third kappa shape index (κ3) is 2.44. The van der Waals surface area contributed by atoms with Crippen LogP contribution in [0.4, 0.5) is 5.00 Å². The van der Waals surface area contributed by atoms with Crippen molar-refractivity contribution in [2.75, 3.05) is 5.32 Å². The number of nitrogens with one attached hydrogen (secondary N) is 1. The number of hydrogen-bond donors (Lipinski definition) is 2. The summed E-state index contributed by atoms with van der Waals surface area (Å²) in [6, 6.07) is 0. The number of fused-ring (bicyclic) bond motifs is 1. The second kappa shape index (κ2) is 5.53. The lowest BCUT2D eigenvalue weighted by Crippen LogP contribution is -2.18. The topological polar surface area (TPSA) is 98.0 Å². The van der Waals surface area contributed by atoms with Gasteiger partial charge in [0.15, 0.2) is 0 Å². The molecule has 21 heavy (non-hydrogen) atoms. The molecule has 0 atom stereocenters. The first-order valence-corrected chi connectivity index (χ1v) is 8.27. The van der Waals surface area contributed by atoms with E-state index in [2.05, 4.69) is 14.9 Å². The summed E-state index contributed by atoms with van der Waals surface area (Å²) in [7, 11) is 0. The third-order valence-electron chi connectivity index (χ3n) is 3.49. The molecule has 0 saturated carbocycles. The molecular formula is C13H14N4O2S2. The number of primary amides is 1. The minimum Gasteiger partial charge on any atom is -0.365 e. The molecule has 2 aromatic heterocycles. The van der Waals surface area contributed by atoms with E-state index in [1.165, 1.54) is 11.3 Å². The van der Waals surface area contributed by atoms with Gasteiger partial charge in [-0.2, -0.15) is 0 Å². The van der Waals surface area contributed by atoms with Gasteiger partial charge in [-0.1, -0.05) is 11.4 Å². The molecule has 2 amide bonds. The number of aryl methyl sites for hydroxylation is 2. The maximum atomic E-state index is 12.3. The summed E-state index contributed by atoms with van der Waals surface area (Å²) in [5.41, 5.74) is 7.62. The first kappa shape index (κ1) is 14.2. The van der Waals surface area contributed by atoms with Crippen molar-refractivity contribution in [1.29, 1.82) is 0 Å². The Hall–Kier alpha value is -1.80. The zero-order valence-electron chi connectivity index (χ0n) is 11.4. The molecule has 1 aliphatic rings. The van der Waals surface area contributed by atoms with Crippen molar-refractivity contribution in [2.24, 2.45) is 5.73 Å². The van der Waals surface area contributed by atoms with Gasteiger partial charge in [0, 0.05) is 4.88 Å². The van der Waals surface area contributed by atoms with Crippen molar-refractivity contribution >= 4 is 39.7 Å². The van der Waals surface area contributed by atoms with E-state index in [4.69, 9.17) is 5.73 Å². The van der Waals surface area contributed by atoms with Crippen LogP contribution in [-0.4, -0.2) is 21.4 Å². The number of hydrogen-bond acceptors (Lipinski definition) is 6. The normalized spacial score (nSPS) is 13.2. The maximum Gasteiger partial charge on any atom is 0.269 e. The highest BCUT2D eigenvalue weighted by atomic mass is 32.1. The largest absolute Gasteiger partial charge is 0.365 e. The minimum absolute atomic E-state index is 0.274. The molecule has 3 rings (SSSR count). The Kier molecular flexibility index (Phi) is 3.73. The Morgan fingerprint density at radius 2 is 2.19 bits per heavy atom. The fourth-order valence-electron chi connectivity index (χ4n) is 2.53. The number of thiophene rings is 1. The van der Waals surface area contributed by atoms with Crippen molar-refractivity contribution in [3.8, 4) is 0 Å². The van der Waals surface area contributed by atoms with Crippen molar-refractivity contribution in [1.82, 2.24) is 9.59 Å². The van der Waals surface area contributed by atoms with Gasteiger partial charge < -0.3 is 11.1 Å². The molecule has 0 radical (unpaired) electrons. The van der Waals surface area contributed by atoms with Gasteiger partial charge in [0.1, 0.15) is 9.88 Å². The van der Waals surface area contributed by atoms with Gasteiger partial charge in [0.05, 0.1) is 11.3 Å². The van der Waals surface area contributed by atoms with E-state index in [1.807, 2.05) is 6.92 Å². The first-order valence-electron chi connectivity index (χ1n) is 6.68. The molecule has 8 heteroatoms. The summed E-state index contributed by atoms with van der Waals surface area (Å²) >= 11 is 2.51. The highest BCUT2D eigenvalue weighted by Gasteiger charge is 2.27. The van der Waals surface area contributed by atoms with Crippen molar-refractivity contribution in [3.63, 3.8) is 0 Å². The predicted octanol–water partition coefficient (Wildman–Crippen LogP) is 2.00. The molecule has 2 heterocycles. The van der Waals surface area contributed by atoms with E-state index in [1.54, 1.807) is 0 Å². The van der Waals surface area contributed by atoms with Gasteiger partial charge in [0.25, 0.3) is 11.8 Å². The van der Waals surface area contributed by atoms with Crippen LogP contribution in [0.1, 0.15) is 49.5 Å². The zero-order valence-corrected chi connectivity index (χ0v) is 13.1. The first-order chi connectivity index (χ1) is 10.1. The van der Waals surface area contributed by atoms with E-state index in [9.17, 15) is 9.59 Å². The van der Waals surface area contributed by atoms with Crippen LogP contribution in [0.25, 0.3) is 0 Å². The van der Waals surface area contributed by atoms with Gasteiger partial charge in [0.2, 0.25) is 0 Å². The molecule has 0 fully saturated rings. The summed E-state index contributed by atoms with van der Waals surface area (Å²) in [6.07, 6.45) is 3.47. The number of amides is 2. The third-order valence-corrected chi connectivity index (χ3v) is 5.47. The van der Waals surface area contributed by atoms with Crippen LogP contribution in [-0.2, 0) is 19.3 Å². The number of rotatable bonds is 4. The van der Waals surface area contributed by atoms with Crippen LogP contribution in [0.2, 0.25) is 0 Å². The molecule has 0 bridgehead atoms. The van der Waals surface area contributed by atoms with Gasteiger partial charge in [-0.3, -0.25) is 9.59 Å². The summed E-state index contributed by atoms with van der Waals surface area (Å²) in [4.78, 5) is 25.7. The lowest BCUT2D eigenvalue weighted by atomic mass is 10.1. The van der Waals surface area contributed by atoms with Crippen LogP contribution in [0.5, 0.6) is 0 Å². The van der Waals surface area contributed by atoms with Crippen LogP contribution in [0.15, 0.2) is 0 Å². The highest BCUT2D eigenvalue weighted by Crippen LogP contribution is 2.39. The maximum absolute atomic E-state index is 12.3. The van der Waals surface area contributed by atoms with Gasteiger partial charge in [-0.05, 0) is 42.8 Å². The van der Waals surface area contributed by atoms with Crippen molar-refractivity contribution in [2.45, 2.75) is 32.6 Å². The summed E-state index contributed by atoms with van der Waals surface area (Å²) in [5, 5.41) is 7.28. The quantitative estimate of drug-likeness (QED) is 0.899. The van der Waals surface area contributed by atoms with Gasteiger partial charge >= 0.3 is 0 Å². The molecule has 3 N–H and O–H groups in total. The number of anilines is 1. The molecule has 0 aliphatic heterocycles. The molecular weight excluding hydrogens is 308 g/mol. The second-order valence-corrected chi connectivity index (χ2v) is 6.64. The van der Waals surface area contributed by atoms with Gasteiger partial charge in [-0.25, -0.2) is 0 Å². The smallest absolute Gasteiger partial charge is 0.269 e. The average Bonchev–Trinajstić information content (AvgIpc) is 3.11. The number of nitrogens with zero attached hydrogens (tertiary/aromatic N) is 2. The molecule has 2 aromatic rings. The van der Waals surface area contributed by atoms with E-state index in [0.29, 0.717) is 27.6 Å². The Morgan fingerprint density at radius 3 is 2.90 bits per heavy atom. The Labute approximate surface area is 129 Å². The number of carbonyl (C=O) groups excluding carboxylic acids is 2. The predicted molar refractivity (Wildman–Crippen MR) is 82.1 cm³/mol. The summed E-state index contributed by atoms with van der Waals surface area (Å²) in [6.45, 7) is 1.92. The van der Waals surface area contributed by atoms with Gasteiger partial charge in [-0.15, -0.1) is 16.4 Å². The lowest BCUT2D eigenvalue weighted by molar-refractivity contribution is 0.100. The monoisotopic (exact) mass is 322 g/mol. The van der Waals surface area contributed by atoms with E-state index in [-0.39, 0.29) is 5.91 Å². The molecule has 0 aromatic carbocycles. The number of nitrogens with two attached hydrogens (primary N) is 1. The standard InChI is InChI=1S/C13H14N4O2S2/c1-2-7-10(21-17-16-7)12(19)15-13-9(11(14)18)6-4-3-5-8(6)20-13/h2-5H2,1H3,(H2,14,18)(H,15,19). The van der Waals surface area contributed by atoms with E-state index >= 15 is 0 Å².